The molecule has 0 amide bonds. The van der Waals surface area contributed by atoms with E-state index < -0.39 is 0 Å². The van der Waals surface area contributed by atoms with E-state index in [4.69, 9.17) is 0 Å². The summed E-state index contributed by atoms with van der Waals surface area (Å²) >= 11 is 0. The largest absolute Gasteiger partial charge is 0.260 e. The van der Waals surface area contributed by atoms with Gasteiger partial charge in [-0.2, -0.15) is 0 Å². The third-order valence-corrected chi connectivity index (χ3v) is 2.78. The zero-order chi connectivity index (χ0) is 11.2. The lowest BCUT2D eigenvalue weighted by Gasteiger charge is -2.11. The van der Waals surface area contributed by atoms with Crippen LogP contribution in [0.15, 0.2) is 60.6 Å². The molecule has 2 nitrogen and oxygen atoms in total. The molecule has 0 unspecified atom stereocenters. The minimum atomic E-state index is 0.180. The molecule has 0 aromatic carbocycles. The Morgan fingerprint density at radius 1 is 0.938 bits per heavy atom. The van der Waals surface area contributed by atoms with Crippen molar-refractivity contribution in [1.29, 1.82) is 0 Å². The molecule has 3 heteroatoms. The monoisotopic (exact) mass is 226 g/mol. The number of aromatic nitrogens is 2. The van der Waals surface area contributed by atoms with Crippen molar-refractivity contribution in [3.05, 3.63) is 72.0 Å². The van der Waals surface area contributed by atoms with Crippen LogP contribution in [0.3, 0.4) is 0 Å². The van der Waals surface area contributed by atoms with E-state index in [0.29, 0.717) is 0 Å². The average molecular weight is 226 g/mol. The SMILES string of the molecule is [SiH3]C=CC(c1ccccn1)c1ccccn1. The van der Waals surface area contributed by atoms with Gasteiger partial charge in [-0.1, -0.05) is 18.2 Å². The Bertz CT molecular complexity index is 414. The summed E-state index contributed by atoms with van der Waals surface area (Å²) in [6.45, 7) is 0. The van der Waals surface area contributed by atoms with E-state index in [1.54, 1.807) is 0 Å². The second-order valence-corrected chi connectivity index (χ2v) is 4.18. The van der Waals surface area contributed by atoms with E-state index >= 15 is 0 Å². The van der Waals surface area contributed by atoms with Gasteiger partial charge in [-0.15, -0.1) is 5.70 Å². The molecule has 0 bridgehead atoms. The van der Waals surface area contributed by atoms with Gasteiger partial charge in [0.15, 0.2) is 0 Å². The van der Waals surface area contributed by atoms with Gasteiger partial charge in [-0.3, -0.25) is 9.97 Å². The van der Waals surface area contributed by atoms with Gasteiger partial charge in [-0.05, 0) is 24.3 Å². The molecule has 80 valence electrons. The Morgan fingerprint density at radius 2 is 1.50 bits per heavy atom. The van der Waals surface area contributed by atoms with Crippen molar-refractivity contribution in [3.63, 3.8) is 0 Å². The zero-order valence-corrected chi connectivity index (χ0v) is 11.2. The lowest BCUT2D eigenvalue weighted by atomic mass is 10.0. The van der Waals surface area contributed by atoms with Crippen LogP contribution in [0.1, 0.15) is 17.3 Å². The van der Waals surface area contributed by atoms with Crippen molar-refractivity contribution in [2.24, 2.45) is 0 Å². The maximum Gasteiger partial charge on any atom is 0.0612 e. The molecule has 0 atom stereocenters. The van der Waals surface area contributed by atoms with Crippen molar-refractivity contribution >= 4 is 10.2 Å². The molecule has 2 aromatic heterocycles. The van der Waals surface area contributed by atoms with Crippen LogP contribution in [0, 0.1) is 0 Å². The lowest BCUT2D eigenvalue weighted by molar-refractivity contribution is 0.907. The summed E-state index contributed by atoms with van der Waals surface area (Å²) in [6.07, 6.45) is 5.83. The van der Waals surface area contributed by atoms with Crippen LogP contribution >= 0.6 is 0 Å². The quantitative estimate of drug-likeness (QED) is 0.741. The number of hydrogen-bond donors (Lipinski definition) is 0. The summed E-state index contributed by atoms with van der Waals surface area (Å²) in [5.41, 5.74) is 4.27. The van der Waals surface area contributed by atoms with Crippen LogP contribution in [0.4, 0.5) is 0 Å². The van der Waals surface area contributed by atoms with Crippen LogP contribution in [-0.4, -0.2) is 20.2 Å². The predicted molar refractivity (Wildman–Crippen MR) is 69.4 cm³/mol. The Kier molecular flexibility index (Phi) is 3.61. The first-order valence-corrected chi connectivity index (χ1v) is 6.52. The molecule has 0 aliphatic carbocycles. The number of nitrogens with zero attached hydrogens (tertiary/aromatic N) is 2. The van der Waals surface area contributed by atoms with Gasteiger partial charge in [0.05, 0.1) is 17.3 Å². The molecule has 0 aliphatic rings. The van der Waals surface area contributed by atoms with Crippen LogP contribution < -0.4 is 0 Å². The first-order chi connectivity index (χ1) is 7.92. The van der Waals surface area contributed by atoms with Crippen molar-refractivity contribution in [2.45, 2.75) is 5.92 Å². The van der Waals surface area contributed by atoms with Crippen molar-refractivity contribution in [2.75, 3.05) is 0 Å². The summed E-state index contributed by atoms with van der Waals surface area (Å²) in [5.74, 6) is 0.180. The first-order valence-electron chi connectivity index (χ1n) is 5.36. The van der Waals surface area contributed by atoms with Gasteiger partial charge in [0, 0.05) is 22.6 Å². The summed E-state index contributed by atoms with van der Waals surface area (Å²) < 4.78 is 0. The standard InChI is InChI=1S/C13H14N2Si/c16-10-7-11(12-5-1-3-8-14-12)13-6-2-4-9-15-13/h1-11H,16H3. The highest BCUT2D eigenvalue weighted by molar-refractivity contribution is 6.17. The Labute approximate surface area is 98.5 Å². The molecule has 0 radical (unpaired) electrons. The van der Waals surface area contributed by atoms with Gasteiger partial charge in [0.1, 0.15) is 0 Å². The van der Waals surface area contributed by atoms with Crippen molar-refractivity contribution in [3.8, 4) is 0 Å². The smallest absolute Gasteiger partial charge is 0.0612 e. The van der Waals surface area contributed by atoms with Crippen LogP contribution in [0.2, 0.25) is 0 Å². The van der Waals surface area contributed by atoms with Gasteiger partial charge >= 0.3 is 0 Å². The highest BCUT2D eigenvalue weighted by atomic mass is 28.1. The van der Waals surface area contributed by atoms with E-state index in [9.17, 15) is 0 Å². The van der Waals surface area contributed by atoms with Crippen molar-refractivity contribution < 1.29 is 0 Å². The number of allylic oxidation sites excluding steroid dienone is 1. The molecule has 0 fully saturated rings. The molecule has 16 heavy (non-hydrogen) atoms. The Hall–Kier alpha value is -1.74. The fourth-order valence-corrected chi connectivity index (χ4v) is 2.05. The zero-order valence-electron chi connectivity index (χ0n) is 9.25. The van der Waals surface area contributed by atoms with Gasteiger partial charge in [-0.25, -0.2) is 0 Å². The highest BCUT2D eigenvalue weighted by Gasteiger charge is 2.11. The fourth-order valence-electron chi connectivity index (χ4n) is 1.66. The molecular weight excluding hydrogens is 212 g/mol. The van der Waals surface area contributed by atoms with E-state index in [1.807, 2.05) is 48.8 Å². The summed E-state index contributed by atoms with van der Waals surface area (Å²) in [7, 11) is 1.05. The van der Waals surface area contributed by atoms with Crippen LogP contribution in [0.5, 0.6) is 0 Å². The average Bonchev–Trinajstić information content (AvgIpc) is 2.38. The first kappa shape index (κ1) is 10.8. The van der Waals surface area contributed by atoms with Crippen molar-refractivity contribution in [1.82, 2.24) is 9.97 Å². The van der Waals surface area contributed by atoms with Crippen LogP contribution in [-0.2, 0) is 0 Å². The molecule has 0 N–H and O–H groups in total. The Morgan fingerprint density at radius 3 is 1.88 bits per heavy atom. The van der Waals surface area contributed by atoms with Gasteiger partial charge < -0.3 is 0 Å². The summed E-state index contributed by atoms with van der Waals surface area (Å²) in [5, 5.41) is 0. The second kappa shape index (κ2) is 5.37. The third kappa shape index (κ3) is 2.43. The molecule has 2 aromatic rings. The molecule has 0 aliphatic heterocycles. The molecule has 0 spiro atoms. The van der Waals surface area contributed by atoms with E-state index in [1.165, 1.54) is 0 Å². The number of rotatable bonds is 3. The Balaban J connectivity index is 2.39. The topological polar surface area (TPSA) is 25.8 Å². The second-order valence-electron chi connectivity index (χ2n) is 3.51. The maximum atomic E-state index is 4.40. The van der Waals surface area contributed by atoms with Crippen LogP contribution in [0.25, 0.3) is 0 Å². The normalized spacial score (nSPS) is 11.3. The predicted octanol–water partition coefficient (Wildman–Crippen LogP) is 1.49. The van der Waals surface area contributed by atoms with Gasteiger partial charge in [0.25, 0.3) is 0 Å². The highest BCUT2D eigenvalue weighted by Crippen LogP contribution is 2.21. The number of hydrogen-bond acceptors (Lipinski definition) is 2. The molecule has 2 heterocycles. The minimum Gasteiger partial charge on any atom is -0.260 e. The molecule has 2 rings (SSSR count). The minimum absolute atomic E-state index is 0.180. The number of pyridine rings is 2. The van der Waals surface area contributed by atoms with Gasteiger partial charge in [0.2, 0.25) is 0 Å². The maximum absolute atomic E-state index is 4.40. The van der Waals surface area contributed by atoms with E-state index in [0.717, 1.165) is 21.6 Å². The summed E-state index contributed by atoms with van der Waals surface area (Å²) in [4.78, 5) is 8.80. The summed E-state index contributed by atoms with van der Waals surface area (Å²) in [6, 6.07) is 12.0. The fraction of sp³-hybridized carbons (Fsp3) is 0.0769. The molecular formula is C13H14N2Si. The van der Waals surface area contributed by atoms with E-state index in [-0.39, 0.29) is 5.92 Å². The molecule has 0 saturated heterocycles. The molecule has 0 saturated carbocycles. The lowest BCUT2D eigenvalue weighted by Crippen LogP contribution is -2.02. The third-order valence-electron chi connectivity index (χ3n) is 2.40. The van der Waals surface area contributed by atoms with E-state index in [2.05, 4.69) is 21.7 Å².